The molecule has 0 N–H and O–H groups in total. The maximum absolute atomic E-state index is 13.6. The fourth-order valence-electron chi connectivity index (χ4n) is 3.12. The smallest absolute Gasteiger partial charge is 0.144 e. The number of benzene rings is 1. The Morgan fingerprint density at radius 3 is 2.43 bits per heavy atom. The van der Waals surface area contributed by atoms with E-state index in [2.05, 4.69) is 0 Å². The number of hydrogen-bond acceptors (Lipinski definition) is 2. The molecule has 0 radical (unpaired) electrons. The second kappa shape index (κ2) is 8.79. The van der Waals surface area contributed by atoms with Crippen molar-refractivity contribution in [3.63, 3.8) is 0 Å². The molecule has 2 rings (SSSR count). The number of allylic oxidation sites excluding steroid dienone is 1. The number of halogens is 2. The van der Waals surface area contributed by atoms with Gasteiger partial charge in [-0.3, -0.25) is 0 Å². The third kappa shape index (κ3) is 5.14. The van der Waals surface area contributed by atoms with E-state index in [-0.39, 0.29) is 0 Å². The molecule has 1 aliphatic carbocycles. The van der Waals surface area contributed by atoms with Gasteiger partial charge in [0, 0.05) is 0 Å². The molecular weight excluding hydrogens is 296 g/mol. The van der Waals surface area contributed by atoms with E-state index in [1.165, 1.54) is 12.1 Å². The van der Waals surface area contributed by atoms with Gasteiger partial charge in [-0.1, -0.05) is 12.2 Å². The van der Waals surface area contributed by atoms with Crippen molar-refractivity contribution in [3.05, 3.63) is 47.0 Å². The van der Waals surface area contributed by atoms with Crippen LogP contribution in [0.5, 0.6) is 0 Å². The van der Waals surface area contributed by atoms with Gasteiger partial charge in [0.05, 0.1) is 12.7 Å². The second-order valence-corrected chi connectivity index (χ2v) is 6.13. The van der Waals surface area contributed by atoms with E-state index in [1.807, 2.05) is 19.1 Å². The van der Waals surface area contributed by atoms with Gasteiger partial charge < -0.3 is 4.74 Å². The van der Waals surface area contributed by atoms with E-state index in [9.17, 15) is 8.78 Å². The highest BCUT2D eigenvalue weighted by Gasteiger charge is 2.21. The van der Waals surface area contributed by atoms with Crippen molar-refractivity contribution < 1.29 is 13.5 Å². The summed E-state index contributed by atoms with van der Waals surface area (Å²) >= 11 is 0. The summed E-state index contributed by atoms with van der Waals surface area (Å²) in [6.07, 6.45) is 10.2. The van der Waals surface area contributed by atoms with Gasteiger partial charge in [-0.25, -0.2) is 8.78 Å². The molecule has 0 unspecified atom stereocenters. The highest BCUT2D eigenvalue weighted by molar-refractivity contribution is 5.35. The van der Waals surface area contributed by atoms with E-state index in [0.717, 1.165) is 32.1 Å². The maximum Gasteiger partial charge on any atom is 0.144 e. The third-order valence-corrected chi connectivity index (χ3v) is 4.51. The molecule has 4 heteroatoms. The van der Waals surface area contributed by atoms with Crippen LogP contribution >= 0.6 is 0 Å². The Morgan fingerprint density at radius 1 is 1.22 bits per heavy atom. The number of nitriles is 1. The molecule has 124 valence electrons. The van der Waals surface area contributed by atoms with E-state index in [1.54, 1.807) is 6.07 Å². The van der Waals surface area contributed by atoms with Crippen LogP contribution in [0.25, 0.3) is 0 Å². The van der Waals surface area contributed by atoms with Gasteiger partial charge in [-0.05, 0) is 69.1 Å². The lowest BCUT2D eigenvalue weighted by atomic mass is 9.83. The highest BCUT2D eigenvalue weighted by atomic mass is 19.1. The molecule has 1 aromatic rings. The molecule has 1 fully saturated rings. The largest absolute Gasteiger partial charge is 0.374 e. The van der Waals surface area contributed by atoms with E-state index < -0.39 is 17.2 Å². The van der Waals surface area contributed by atoms with Crippen LogP contribution in [0.4, 0.5) is 8.78 Å². The molecule has 1 aliphatic rings. The molecule has 1 aromatic carbocycles. The second-order valence-electron chi connectivity index (χ2n) is 6.13. The lowest BCUT2D eigenvalue weighted by Gasteiger charge is -2.28. The summed E-state index contributed by atoms with van der Waals surface area (Å²) in [5, 5.41) is 8.68. The Balaban J connectivity index is 1.79. The Hall–Kier alpha value is -1.73. The molecule has 0 atom stereocenters. The van der Waals surface area contributed by atoms with Crippen LogP contribution in [0.2, 0.25) is 0 Å². The Kier molecular flexibility index (Phi) is 6.73. The molecule has 23 heavy (non-hydrogen) atoms. The van der Waals surface area contributed by atoms with Gasteiger partial charge in [-0.2, -0.15) is 5.26 Å². The van der Waals surface area contributed by atoms with Crippen LogP contribution in [0.3, 0.4) is 0 Å². The summed E-state index contributed by atoms with van der Waals surface area (Å²) in [5.74, 6) is -0.939. The third-order valence-electron chi connectivity index (χ3n) is 4.51. The number of hydrogen-bond donors (Lipinski definition) is 0. The Morgan fingerprint density at radius 2 is 1.87 bits per heavy atom. The van der Waals surface area contributed by atoms with Gasteiger partial charge in [0.1, 0.15) is 23.3 Å². The summed E-state index contributed by atoms with van der Waals surface area (Å²) in [6.45, 7) is 2.66. The summed E-state index contributed by atoms with van der Waals surface area (Å²) in [7, 11) is 0. The number of aryl methyl sites for hydroxylation is 1. The fourth-order valence-corrected chi connectivity index (χ4v) is 3.12. The van der Waals surface area contributed by atoms with Gasteiger partial charge in [-0.15, -0.1) is 0 Å². The van der Waals surface area contributed by atoms with Gasteiger partial charge in [0.2, 0.25) is 0 Å². The number of ether oxygens (including phenoxy) is 1. The van der Waals surface area contributed by atoms with E-state index >= 15 is 0 Å². The van der Waals surface area contributed by atoms with E-state index in [4.69, 9.17) is 10.00 Å². The first-order valence-corrected chi connectivity index (χ1v) is 8.24. The zero-order chi connectivity index (χ0) is 16.7. The minimum atomic E-state index is -0.761. The zero-order valence-corrected chi connectivity index (χ0v) is 13.5. The molecule has 0 saturated heterocycles. The SMILES string of the molecule is C/C=C/COC1CCC(CCc2cc(F)c(C#N)c(F)c2)CC1. The Labute approximate surface area is 136 Å². The van der Waals surface area contributed by atoms with Crippen molar-refractivity contribution in [3.8, 4) is 6.07 Å². The predicted octanol–water partition coefficient (Wildman–Crippen LogP) is 4.92. The first-order valence-electron chi connectivity index (χ1n) is 8.24. The van der Waals surface area contributed by atoms with Crippen LogP contribution < -0.4 is 0 Å². The predicted molar refractivity (Wildman–Crippen MR) is 85.9 cm³/mol. The summed E-state index contributed by atoms with van der Waals surface area (Å²) in [5.41, 5.74) is 0.137. The zero-order valence-electron chi connectivity index (χ0n) is 13.5. The number of nitrogens with zero attached hydrogens (tertiary/aromatic N) is 1. The van der Waals surface area contributed by atoms with Gasteiger partial charge in [0.15, 0.2) is 0 Å². The van der Waals surface area contributed by atoms with Crippen LogP contribution in [0, 0.1) is 28.9 Å². The fraction of sp³-hybridized carbons (Fsp3) is 0.526. The van der Waals surface area contributed by atoms with Crippen molar-refractivity contribution in [2.45, 2.75) is 51.6 Å². The molecule has 0 spiro atoms. The average molecular weight is 319 g/mol. The van der Waals surface area contributed by atoms with Gasteiger partial charge >= 0.3 is 0 Å². The quantitative estimate of drug-likeness (QED) is 0.697. The average Bonchev–Trinajstić information content (AvgIpc) is 2.54. The van der Waals surface area contributed by atoms with Crippen molar-refractivity contribution in [2.24, 2.45) is 5.92 Å². The van der Waals surface area contributed by atoms with Crippen LogP contribution in [0.1, 0.15) is 50.2 Å². The topological polar surface area (TPSA) is 33.0 Å². The van der Waals surface area contributed by atoms with Crippen LogP contribution in [-0.4, -0.2) is 12.7 Å². The molecular formula is C19H23F2NO. The van der Waals surface area contributed by atoms with Crippen molar-refractivity contribution >= 4 is 0 Å². The first-order chi connectivity index (χ1) is 11.1. The molecule has 0 amide bonds. The van der Waals surface area contributed by atoms with Crippen LogP contribution in [0.15, 0.2) is 24.3 Å². The van der Waals surface area contributed by atoms with Crippen molar-refractivity contribution in [1.82, 2.24) is 0 Å². The number of rotatable bonds is 6. The lowest BCUT2D eigenvalue weighted by Crippen LogP contribution is -2.22. The normalized spacial score (nSPS) is 21.5. The summed E-state index contributed by atoms with van der Waals surface area (Å²) in [4.78, 5) is 0. The van der Waals surface area contributed by atoms with Crippen molar-refractivity contribution in [1.29, 1.82) is 5.26 Å². The lowest BCUT2D eigenvalue weighted by molar-refractivity contribution is 0.0336. The molecule has 1 saturated carbocycles. The summed E-state index contributed by atoms with van der Waals surface area (Å²) in [6, 6.07) is 4.12. The monoisotopic (exact) mass is 319 g/mol. The van der Waals surface area contributed by atoms with Crippen LogP contribution in [-0.2, 0) is 11.2 Å². The molecule has 2 nitrogen and oxygen atoms in total. The van der Waals surface area contributed by atoms with Crippen molar-refractivity contribution in [2.75, 3.05) is 6.61 Å². The Bertz CT molecular complexity index is 561. The molecule has 0 bridgehead atoms. The minimum Gasteiger partial charge on any atom is -0.374 e. The molecule has 0 heterocycles. The van der Waals surface area contributed by atoms with E-state index in [0.29, 0.717) is 30.6 Å². The molecule has 0 aromatic heterocycles. The minimum absolute atomic E-state index is 0.340. The highest BCUT2D eigenvalue weighted by Crippen LogP contribution is 2.30. The standard InChI is InChI=1S/C19H23F2NO/c1-2-3-10-23-16-8-6-14(7-9-16)4-5-15-11-18(20)17(13-22)19(21)12-15/h2-3,11-12,14,16H,4-10H2,1H3/b3-2+. The summed E-state index contributed by atoms with van der Waals surface area (Å²) < 4.78 is 33.0. The maximum atomic E-state index is 13.6. The molecule has 0 aliphatic heterocycles. The first kappa shape index (κ1) is 17.6. The van der Waals surface area contributed by atoms with Gasteiger partial charge in [0.25, 0.3) is 0 Å².